The maximum absolute atomic E-state index is 12.7. The third kappa shape index (κ3) is 3.32. The molecule has 0 amide bonds. The summed E-state index contributed by atoms with van der Waals surface area (Å²) >= 11 is 4.46. The monoisotopic (exact) mass is 431 g/mol. The van der Waals surface area contributed by atoms with E-state index in [0.717, 1.165) is 5.69 Å². The van der Waals surface area contributed by atoms with Crippen LogP contribution in [0.4, 0.5) is 11.4 Å². The van der Waals surface area contributed by atoms with Crippen molar-refractivity contribution in [2.45, 2.75) is 4.21 Å². The van der Waals surface area contributed by atoms with Gasteiger partial charge in [-0.15, -0.1) is 11.3 Å². The molecule has 10 heteroatoms. The lowest BCUT2D eigenvalue weighted by Crippen LogP contribution is -2.48. The molecule has 3 rings (SSSR count). The molecule has 0 unspecified atom stereocenters. The van der Waals surface area contributed by atoms with Gasteiger partial charge in [-0.25, -0.2) is 8.42 Å². The quantitative estimate of drug-likeness (QED) is 0.548. The molecule has 0 aliphatic carbocycles. The summed E-state index contributed by atoms with van der Waals surface area (Å²) in [7, 11) is -3.51. The number of nitro groups is 1. The molecule has 24 heavy (non-hydrogen) atoms. The summed E-state index contributed by atoms with van der Waals surface area (Å²) in [5, 5.41) is 12.6. The molecule has 0 N–H and O–H groups in total. The lowest BCUT2D eigenvalue weighted by molar-refractivity contribution is -0.384. The van der Waals surface area contributed by atoms with Crippen molar-refractivity contribution in [3.63, 3.8) is 0 Å². The molecule has 1 aromatic heterocycles. The van der Waals surface area contributed by atoms with E-state index in [0.29, 0.717) is 34.9 Å². The first-order valence-corrected chi connectivity index (χ1v) is 10.2. The molecule has 0 saturated carbocycles. The summed E-state index contributed by atoms with van der Waals surface area (Å²) in [5.41, 5.74) is 0.767. The number of halogens is 1. The minimum Gasteiger partial charge on any atom is -0.369 e. The summed E-state index contributed by atoms with van der Waals surface area (Å²) < 4.78 is 27.7. The Bertz CT molecular complexity index is 860. The van der Waals surface area contributed by atoms with E-state index in [1.165, 1.54) is 27.8 Å². The molecule has 1 saturated heterocycles. The third-order valence-electron chi connectivity index (χ3n) is 3.80. The topological polar surface area (TPSA) is 83.8 Å². The molecule has 7 nitrogen and oxygen atoms in total. The number of piperazine rings is 1. The third-order valence-corrected chi connectivity index (χ3v) is 8.35. The Kier molecular flexibility index (Phi) is 4.90. The smallest absolute Gasteiger partial charge is 0.271 e. The second-order valence-corrected chi connectivity index (χ2v) is 9.13. The molecule has 1 aliphatic heterocycles. The van der Waals surface area contributed by atoms with Crippen molar-refractivity contribution in [1.29, 1.82) is 0 Å². The van der Waals surface area contributed by atoms with Gasteiger partial charge in [0, 0.05) is 48.5 Å². The average Bonchev–Trinajstić information content (AvgIpc) is 3.02. The fraction of sp³-hybridized carbons (Fsp3) is 0.286. The van der Waals surface area contributed by atoms with E-state index in [1.54, 1.807) is 23.6 Å². The summed E-state index contributed by atoms with van der Waals surface area (Å²) in [4.78, 5) is 12.4. The molecule has 128 valence electrons. The van der Waals surface area contributed by atoms with Gasteiger partial charge in [-0.3, -0.25) is 10.1 Å². The van der Waals surface area contributed by atoms with Crippen LogP contribution in [0.25, 0.3) is 0 Å². The fourth-order valence-electron chi connectivity index (χ4n) is 2.57. The molecule has 0 bridgehead atoms. The Morgan fingerprint density at radius 3 is 2.46 bits per heavy atom. The Morgan fingerprint density at radius 1 is 1.17 bits per heavy atom. The first kappa shape index (κ1) is 17.3. The van der Waals surface area contributed by atoms with Crippen molar-refractivity contribution >= 4 is 48.7 Å². The molecule has 2 aromatic rings. The van der Waals surface area contributed by atoms with Crippen LogP contribution >= 0.6 is 27.3 Å². The van der Waals surface area contributed by atoms with Crippen LogP contribution in [0.1, 0.15) is 0 Å². The van der Waals surface area contributed by atoms with Crippen LogP contribution in [-0.2, 0) is 10.0 Å². The van der Waals surface area contributed by atoms with Gasteiger partial charge in [0.1, 0.15) is 4.21 Å². The van der Waals surface area contributed by atoms with Gasteiger partial charge in [-0.2, -0.15) is 4.31 Å². The van der Waals surface area contributed by atoms with Crippen molar-refractivity contribution in [3.05, 3.63) is 50.3 Å². The summed E-state index contributed by atoms with van der Waals surface area (Å²) in [5.74, 6) is 0. The van der Waals surface area contributed by atoms with Crippen molar-refractivity contribution in [1.82, 2.24) is 4.31 Å². The maximum atomic E-state index is 12.7. The number of hydrogen-bond donors (Lipinski definition) is 0. The predicted octanol–water partition coefficient (Wildman–Crippen LogP) is 2.93. The van der Waals surface area contributed by atoms with Gasteiger partial charge in [0.2, 0.25) is 0 Å². The van der Waals surface area contributed by atoms with Crippen molar-refractivity contribution in [2.24, 2.45) is 0 Å². The molecular formula is C14H14BrN3O4S2. The van der Waals surface area contributed by atoms with Gasteiger partial charge in [0.25, 0.3) is 15.7 Å². The second-order valence-electron chi connectivity index (χ2n) is 5.22. The van der Waals surface area contributed by atoms with E-state index in [-0.39, 0.29) is 5.69 Å². The van der Waals surface area contributed by atoms with Gasteiger partial charge >= 0.3 is 0 Å². The molecule has 2 heterocycles. The van der Waals surface area contributed by atoms with Crippen molar-refractivity contribution in [2.75, 3.05) is 31.1 Å². The number of nitro benzene ring substituents is 1. The second kappa shape index (κ2) is 6.79. The highest BCUT2D eigenvalue weighted by Gasteiger charge is 2.31. The first-order valence-electron chi connectivity index (χ1n) is 7.12. The minimum atomic E-state index is -3.51. The van der Waals surface area contributed by atoms with Crippen LogP contribution in [0.2, 0.25) is 0 Å². The largest absolute Gasteiger partial charge is 0.369 e. The lowest BCUT2D eigenvalue weighted by Gasteiger charge is -2.35. The molecule has 0 radical (unpaired) electrons. The number of benzene rings is 1. The zero-order valence-corrected chi connectivity index (χ0v) is 15.7. The highest BCUT2D eigenvalue weighted by molar-refractivity contribution is 9.10. The van der Waals surface area contributed by atoms with Gasteiger partial charge in [-0.05, 0) is 33.4 Å². The van der Waals surface area contributed by atoms with E-state index in [2.05, 4.69) is 15.9 Å². The summed E-state index contributed by atoms with van der Waals surface area (Å²) in [6.45, 7) is 1.66. The van der Waals surface area contributed by atoms with Gasteiger partial charge in [0.15, 0.2) is 0 Å². The number of nitrogens with zero attached hydrogens (tertiary/aromatic N) is 3. The number of anilines is 1. The zero-order chi connectivity index (χ0) is 17.3. The Labute approximate surface area is 151 Å². The summed E-state index contributed by atoms with van der Waals surface area (Å²) in [6.07, 6.45) is 0. The average molecular weight is 432 g/mol. The Balaban J connectivity index is 1.73. The summed E-state index contributed by atoms with van der Waals surface area (Å²) in [6, 6.07) is 8.11. The van der Waals surface area contributed by atoms with Crippen LogP contribution < -0.4 is 4.90 Å². The van der Waals surface area contributed by atoms with E-state index in [1.807, 2.05) is 4.90 Å². The van der Waals surface area contributed by atoms with Crippen LogP contribution in [-0.4, -0.2) is 43.8 Å². The first-order chi connectivity index (χ1) is 11.4. The van der Waals surface area contributed by atoms with E-state index >= 15 is 0 Å². The van der Waals surface area contributed by atoms with E-state index in [4.69, 9.17) is 0 Å². The lowest BCUT2D eigenvalue weighted by atomic mass is 10.2. The maximum Gasteiger partial charge on any atom is 0.271 e. The highest BCUT2D eigenvalue weighted by atomic mass is 79.9. The molecule has 0 spiro atoms. The number of hydrogen-bond acceptors (Lipinski definition) is 6. The highest BCUT2D eigenvalue weighted by Crippen LogP contribution is 2.31. The van der Waals surface area contributed by atoms with Crippen LogP contribution in [0, 0.1) is 10.1 Å². The normalized spacial score (nSPS) is 16.3. The predicted molar refractivity (Wildman–Crippen MR) is 96.1 cm³/mol. The SMILES string of the molecule is O=[N+]([O-])c1cccc(N2CCN(S(=O)(=O)c3sccc3Br)CC2)c1. The van der Waals surface area contributed by atoms with Gasteiger partial charge in [0.05, 0.1) is 4.92 Å². The standard InChI is InChI=1S/C14H14BrN3O4S2/c15-13-4-9-23-14(13)24(21,22)17-7-5-16(6-8-17)11-2-1-3-12(10-11)18(19)20/h1-4,9-10H,5-8H2. The van der Waals surface area contributed by atoms with Crippen molar-refractivity contribution < 1.29 is 13.3 Å². The van der Waals surface area contributed by atoms with Crippen molar-refractivity contribution in [3.8, 4) is 0 Å². The van der Waals surface area contributed by atoms with Gasteiger partial charge in [-0.1, -0.05) is 6.07 Å². The molecule has 0 atom stereocenters. The molecule has 1 aliphatic rings. The Hall–Kier alpha value is -1.49. The van der Waals surface area contributed by atoms with Gasteiger partial charge < -0.3 is 4.90 Å². The Morgan fingerprint density at radius 2 is 1.88 bits per heavy atom. The van der Waals surface area contributed by atoms with Crippen LogP contribution in [0.3, 0.4) is 0 Å². The number of non-ortho nitro benzene ring substituents is 1. The fourth-order valence-corrected chi connectivity index (χ4v) is 6.44. The number of sulfonamides is 1. The van der Waals surface area contributed by atoms with Crippen LogP contribution in [0.15, 0.2) is 44.4 Å². The molecule has 1 aromatic carbocycles. The minimum absolute atomic E-state index is 0.0325. The molecular weight excluding hydrogens is 418 g/mol. The zero-order valence-electron chi connectivity index (χ0n) is 12.5. The number of thiophene rings is 1. The molecule has 1 fully saturated rings. The number of rotatable bonds is 4. The van der Waals surface area contributed by atoms with Crippen LogP contribution in [0.5, 0.6) is 0 Å². The van der Waals surface area contributed by atoms with E-state index < -0.39 is 14.9 Å². The van der Waals surface area contributed by atoms with E-state index in [9.17, 15) is 18.5 Å².